The molecule has 0 bridgehead atoms. The largest absolute Gasteiger partial charge is 0.378 e. The number of carbonyl (C=O) groups excluding carboxylic acids is 1. The molecule has 2 atom stereocenters. The van der Waals surface area contributed by atoms with E-state index >= 15 is 0 Å². The summed E-state index contributed by atoms with van der Waals surface area (Å²) < 4.78 is 20.0. The van der Waals surface area contributed by atoms with E-state index in [1.165, 1.54) is 17.4 Å². The fourth-order valence-corrected chi connectivity index (χ4v) is 4.40. The molecule has 1 N–H and O–H groups in total. The van der Waals surface area contributed by atoms with Crippen molar-refractivity contribution in [1.29, 1.82) is 0 Å². The van der Waals surface area contributed by atoms with Gasteiger partial charge in [-0.3, -0.25) is 9.69 Å². The van der Waals surface area contributed by atoms with Crippen LogP contribution in [-0.4, -0.2) is 49.7 Å². The summed E-state index contributed by atoms with van der Waals surface area (Å²) in [5.41, 5.74) is 0. The van der Waals surface area contributed by atoms with Crippen LogP contribution in [0.5, 0.6) is 0 Å². The molecule has 1 aliphatic heterocycles. The van der Waals surface area contributed by atoms with Gasteiger partial charge in [-0.1, -0.05) is 24.6 Å². The predicted octanol–water partition coefficient (Wildman–Crippen LogP) is 3.14. The van der Waals surface area contributed by atoms with Crippen molar-refractivity contribution >= 4 is 38.9 Å². The van der Waals surface area contributed by atoms with Gasteiger partial charge in [-0.2, -0.15) is 0 Å². The minimum Gasteiger partial charge on any atom is -0.378 e. The van der Waals surface area contributed by atoms with E-state index in [2.05, 4.69) is 17.1 Å². The van der Waals surface area contributed by atoms with E-state index in [-0.39, 0.29) is 23.1 Å². The molecule has 0 unspecified atom stereocenters. The van der Waals surface area contributed by atoms with Crippen LogP contribution >= 0.6 is 22.9 Å². The third-order valence-electron chi connectivity index (χ3n) is 4.22. The van der Waals surface area contributed by atoms with E-state index < -0.39 is 5.82 Å². The number of halogens is 2. The first-order valence-corrected chi connectivity index (χ1v) is 8.67. The van der Waals surface area contributed by atoms with Crippen molar-refractivity contribution in [3.63, 3.8) is 0 Å². The molecule has 124 valence electrons. The Morgan fingerprint density at radius 1 is 1.52 bits per heavy atom. The number of amides is 1. The number of hydrogen-bond donors (Lipinski definition) is 1. The average Bonchev–Trinajstić information content (AvgIpc) is 3.09. The van der Waals surface area contributed by atoms with E-state index in [9.17, 15) is 9.18 Å². The van der Waals surface area contributed by atoms with Gasteiger partial charge in [-0.25, -0.2) is 4.39 Å². The second-order valence-corrected chi connectivity index (χ2v) is 6.99. The van der Waals surface area contributed by atoms with Crippen LogP contribution in [0.15, 0.2) is 18.2 Å². The van der Waals surface area contributed by atoms with Gasteiger partial charge in [-0.15, -0.1) is 11.3 Å². The second-order valence-electron chi connectivity index (χ2n) is 5.56. The number of nitrogens with zero attached hydrogens (tertiary/aromatic N) is 1. The molecule has 1 aromatic carbocycles. The van der Waals surface area contributed by atoms with Crippen LogP contribution in [-0.2, 0) is 4.74 Å². The van der Waals surface area contributed by atoms with Crippen LogP contribution in [0.4, 0.5) is 4.39 Å². The number of thiophene rings is 1. The zero-order valence-electron chi connectivity index (χ0n) is 12.9. The number of benzene rings is 1. The summed E-state index contributed by atoms with van der Waals surface area (Å²) in [6, 6.07) is 4.62. The summed E-state index contributed by atoms with van der Waals surface area (Å²) >= 11 is 7.44. The molecular formula is C16H18ClFN2O2S. The van der Waals surface area contributed by atoms with Gasteiger partial charge < -0.3 is 10.1 Å². The minimum absolute atomic E-state index is 0.0520. The Labute approximate surface area is 143 Å². The fraction of sp³-hybridized carbons (Fsp3) is 0.438. The van der Waals surface area contributed by atoms with E-state index in [0.717, 1.165) is 19.6 Å². The van der Waals surface area contributed by atoms with E-state index in [4.69, 9.17) is 16.3 Å². The summed E-state index contributed by atoms with van der Waals surface area (Å²) in [7, 11) is 1.64. The Bertz CT molecular complexity index is 736. The maximum absolute atomic E-state index is 13.9. The molecule has 7 heteroatoms. The Kier molecular flexibility index (Phi) is 4.87. The van der Waals surface area contributed by atoms with E-state index in [0.29, 0.717) is 15.0 Å². The molecule has 2 heterocycles. The van der Waals surface area contributed by atoms with Crippen molar-refractivity contribution in [2.45, 2.75) is 19.1 Å². The highest BCUT2D eigenvalue weighted by molar-refractivity contribution is 7.21. The lowest BCUT2D eigenvalue weighted by Gasteiger charge is -2.18. The summed E-state index contributed by atoms with van der Waals surface area (Å²) in [6.07, 6.45) is -0.0520. The van der Waals surface area contributed by atoms with Crippen LogP contribution in [0.3, 0.4) is 0 Å². The highest BCUT2D eigenvalue weighted by atomic mass is 35.5. The Hall–Kier alpha value is -1.21. The minimum atomic E-state index is -0.407. The van der Waals surface area contributed by atoms with Crippen molar-refractivity contribution in [3.8, 4) is 0 Å². The van der Waals surface area contributed by atoms with Crippen molar-refractivity contribution in [2.24, 2.45) is 0 Å². The molecule has 1 amide bonds. The molecule has 0 spiro atoms. The smallest absolute Gasteiger partial charge is 0.263 e. The molecule has 0 saturated carbocycles. The van der Waals surface area contributed by atoms with E-state index in [1.54, 1.807) is 19.2 Å². The number of methoxy groups -OCH3 is 1. The molecule has 0 aliphatic carbocycles. The molecule has 1 aromatic heterocycles. The van der Waals surface area contributed by atoms with Gasteiger partial charge in [0, 0.05) is 30.3 Å². The molecule has 1 fully saturated rings. The number of carbonyl (C=O) groups is 1. The molecule has 1 aliphatic rings. The molecule has 2 aromatic rings. The van der Waals surface area contributed by atoms with Crippen molar-refractivity contribution in [1.82, 2.24) is 10.2 Å². The molecule has 3 rings (SSSR count). The van der Waals surface area contributed by atoms with Crippen LogP contribution in [0.2, 0.25) is 5.02 Å². The Morgan fingerprint density at radius 3 is 2.96 bits per heavy atom. The van der Waals surface area contributed by atoms with Gasteiger partial charge in [0.15, 0.2) is 0 Å². The molecule has 4 nitrogen and oxygen atoms in total. The third-order valence-corrected chi connectivity index (χ3v) is 5.86. The van der Waals surface area contributed by atoms with Crippen molar-refractivity contribution in [3.05, 3.63) is 33.9 Å². The maximum Gasteiger partial charge on any atom is 0.263 e. The van der Waals surface area contributed by atoms with Crippen LogP contribution in [0.25, 0.3) is 10.1 Å². The Balaban J connectivity index is 1.84. The predicted molar refractivity (Wildman–Crippen MR) is 91.0 cm³/mol. The Morgan fingerprint density at radius 2 is 2.30 bits per heavy atom. The van der Waals surface area contributed by atoms with Gasteiger partial charge in [-0.05, 0) is 18.7 Å². The van der Waals surface area contributed by atoms with Crippen LogP contribution in [0, 0.1) is 5.82 Å². The van der Waals surface area contributed by atoms with Gasteiger partial charge in [0.25, 0.3) is 5.91 Å². The summed E-state index contributed by atoms with van der Waals surface area (Å²) in [6.45, 7) is 4.49. The lowest BCUT2D eigenvalue weighted by atomic mass is 10.2. The summed E-state index contributed by atoms with van der Waals surface area (Å²) in [5.74, 6) is -0.684. The average molecular weight is 357 g/mol. The van der Waals surface area contributed by atoms with Gasteiger partial charge in [0.1, 0.15) is 10.7 Å². The fourth-order valence-electron chi connectivity index (χ4n) is 2.94. The number of likely N-dealkylation sites (tertiary alicyclic amines) is 1. The zero-order chi connectivity index (χ0) is 16.6. The number of nitrogens with one attached hydrogen (secondary N) is 1. The monoisotopic (exact) mass is 356 g/mol. The third kappa shape index (κ3) is 3.08. The quantitative estimate of drug-likeness (QED) is 0.915. The van der Waals surface area contributed by atoms with Crippen molar-refractivity contribution in [2.75, 3.05) is 26.7 Å². The number of ether oxygens (including phenoxy) is 1. The lowest BCUT2D eigenvalue weighted by molar-refractivity contribution is 0.0765. The highest BCUT2D eigenvalue weighted by Gasteiger charge is 2.34. The van der Waals surface area contributed by atoms with Gasteiger partial charge in [0.05, 0.1) is 17.2 Å². The highest BCUT2D eigenvalue weighted by Crippen LogP contribution is 2.36. The molecular weight excluding hydrogens is 339 g/mol. The number of fused-ring (bicyclic) bond motifs is 1. The van der Waals surface area contributed by atoms with E-state index in [1.807, 2.05) is 0 Å². The number of rotatable bonds is 4. The van der Waals surface area contributed by atoms with Gasteiger partial charge in [0.2, 0.25) is 0 Å². The molecule has 0 radical (unpaired) electrons. The summed E-state index contributed by atoms with van der Waals surface area (Å²) in [4.78, 5) is 15.1. The molecule has 23 heavy (non-hydrogen) atoms. The van der Waals surface area contributed by atoms with Crippen LogP contribution < -0.4 is 5.32 Å². The normalized spacial score (nSPS) is 21.9. The topological polar surface area (TPSA) is 41.6 Å². The lowest BCUT2D eigenvalue weighted by Crippen LogP contribution is -2.43. The standard InChI is InChI=1S/C16H18ClFN2O2S/c1-3-20-7-10(11(8-20)22-2)19-16(21)15-14(17)13-9(18)5-4-6-12(13)23-15/h4-6,10-11H,3,7-8H2,1-2H3,(H,19,21)/t10-,11-/m0/s1. The first-order valence-electron chi connectivity index (χ1n) is 7.47. The van der Waals surface area contributed by atoms with Gasteiger partial charge >= 0.3 is 0 Å². The summed E-state index contributed by atoms with van der Waals surface area (Å²) in [5, 5.41) is 3.47. The molecule has 1 saturated heterocycles. The first kappa shape index (κ1) is 16.6. The first-order chi connectivity index (χ1) is 11.0. The van der Waals surface area contributed by atoms with Crippen LogP contribution in [0.1, 0.15) is 16.6 Å². The SMILES string of the molecule is CCN1C[C@H](NC(=O)c2sc3cccc(F)c3c2Cl)[C@@H](OC)C1. The van der Waals surface area contributed by atoms with Crippen molar-refractivity contribution < 1.29 is 13.9 Å². The zero-order valence-corrected chi connectivity index (χ0v) is 14.5. The number of likely N-dealkylation sites (N-methyl/N-ethyl adjacent to an activating group) is 1. The number of hydrogen-bond acceptors (Lipinski definition) is 4. The second kappa shape index (κ2) is 6.73. The maximum atomic E-state index is 13.9.